The minimum Gasteiger partial charge on any atom is -0.493 e. The zero-order chi connectivity index (χ0) is 21.3. The molecule has 2 aromatic carbocycles. The highest BCUT2D eigenvalue weighted by molar-refractivity contribution is 5.80. The van der Waals surface area contributed by atoms with Crippen molar-refractivity contribution in [1.82, 2.24) is 25.4 Å². The maximum atomic E-state index is 5.76. The average Bonchev–Trinajstić information content (AvgIpc) is 3.24. The Labute approximate surface area is 178 Å². The van der Waals surface area contributed by atoms with Crippen molar-refractivity contribution in [2.45, 2.75) is 33.4 Å². The zero-order valence-electron chi connectivity index (χ0n) is 18.0. The highest BCUT2D eigenvalue weighted by Gasteiger charge is 2.11. The number of benzene rings is 2. The SMILES string of the molecule is CN=C(NCc1nncn1-c1ccccc1)NC(C)c1ccc(OCC(C)C)cc1. The molecular formula is C23H30N6O. The summed E-state index contributed by atoms with van der Waals surface area (Å²) >= 11 is 0. The second-order valence-corrected chi connectivity index (χ2v) is 7.52. The van der Waals surface area contributed by atoms with Crippen molar-refractivity contribution in [3.63, 3.8) is 0 Å². The van der Waals surface area contributed by atoms with Crippen LogP contribution in [0.25, 0.3) is 5.69 Å². The number of nitrogens with zero attached hydrogens (tertiary/aromatic N) is 4. The van der Waals surface area contributed by atoms with E-state index < -0.39 is 0 Å². The Morgan fingerprint density at radius 1 is 1.07 bits per heavy atom. The molecule has 30 heavy (non-hydrogen) atoms. The Morgan fingerprint density at radius 2 is 1.80 bits per heavy atom. The smallest absolute Gasteiger partial charge is 0.191 e. The zero-order valence-corrected chi connectivity index (χ0v) is 18.0. The van der Waals surface area contributed by atoms with Gasteiger partial charge >= 0.3 is 0 Å². The van der Waals surface area contributed by atoms with Crippen LogP contribution in [0.1, 0.15) is 38.2 Å². The van der Waals surface area contributed by atoms with E-state index in [0.717, 1.165) is 29.4 Å². The summed E-state index contributed by atoms with van der Waals surface area (Å²) in [5, 5.41) is 15.0. The fourth-order valence-corrected chi connectivity index (χ4v) is 2.95. The van der Waals surface area contributed by atoms with Crippen molar-refractivity contribution < 1.29 is 4.74 Å². The van der Waals surface area contributed by atoms with Gasteiger partial charge in [0.25, 0.3) is 0 Å². The third-order valence-corrected chi connectivity index (χ3v) is 4.61. The van der Waals surface area contributed by atoms with Crippen LogP contribution in [0, 0.1) is 5.92 Å². The van der Waals surface area contributed by atoms with Gasteiger partial charge in [0.05, 0.1) is 19.2 Å². The van der Waals surface area contributed by atoms with Crippen molar-refractivity contribution in [1.29, 1.82) is 0 Å². The fraction of sp³-hybridized carbons (Fsp3) is 0.348. The molecule has 7 heteroatoms. The van der Waals surface area contributed by atoms with Gasteiger partial charge in [0.15, 0.2) is 11.8 Å². The highest BCUT2D eigenvalue weighted by atomic mass is 16.5. The average molecular weight is 407 g/mol. The minimum atomic E-state index is 0.0855. The Morgan fingerprint density at radius 3 is 2.47 bits per heavy atom. The summed E-state index contributed by atoms with van der Waals surface area (Å²) in [7, 11) is 1.76. The summed E-state index contributed by atoms with van der Waals surface area (Å²) in [4.78, 5) is 4.33. The molecule has 0 saturated heterocycles. The Hall–Kier alpha value is -3.35. The van der Waals surface area contributed by atoms with Gasteiger partial charge in [0.2, 0.25) is 0 Å². The first-order chi connectivity index (χ1) is 14.6. The van der Waals surface area contributed by atoms with Gasteiger partial charge in [-0.1, -0.05) is 44.2 Å². The largest absolute Gasteiger partial charge is 0.493 e. The van der Waals surface area contributed by atoms with Crippen molar-refractivity contribution >= 4 is 5.96 Å². The van der Waals surface area contributed by atoms with Crippen molar-refractivity contribution in [2.24, 2.45) is 10.9 Å². The van der Waals surface area contributed by atoms with Crippen LogP contribution in [0.3, 0.4) is 0 Å². The Kier molecular flexibility index (Phi) is 7.43. The molecule has 1 heterocycles. The number of guanidine groups is 1. The molecule has 3 aromatic rings. The maximum Gasteiger partial charge on any atom is 0.191 e. The third kappa shape index (κ3) is 5.83. The molecule has 0 radical (unpaired) electrons. The van der Waals surface area contributed by atoms with E-state index in [0.29, 0.717) is 18.4 Å². The molecule has 158 valence electrons. The van der Waals surface area contributed by atoms with E-state index in [-0.39, 0.29) is 6.04 Å². The number of aliphatic imine (C=N–C) groups is 1. The molecule has 0 amide bonds. The lowest BCUT2D eigenvalue weighted by Crippen LogP contribution is -2.38. The predicted molar refractivity (Wildman–Crippen MR) is 120 cm³/mol. The van der Waals surface area contributed by atoms with Crippen molar-refractivity contribution in [3.05, 3.63) is 72.3 Å². The molecule has 1 atom stereocenters. The predicted octanol–water partition coefficient (Wildman–Crippen LogP) is 3.73. The van der Waals surface area contributed by atoms with Gasteiger partial charge in [-0.15, -0.1) is 10.2 Å². The quantitative estimate of drug-likeness (QED) is 0.440. The third-order valence-electron chi connectivity index (χ3n) is 4.61. The molecule has 1 unspecified atom stereocenters. The number of ether oxygens (including phenoxy) is 1. The van der Waals surface area contributed by atoms with Gasteiger partial charge in [-0.2, -0.15) is 0 Å². The molecule has 0 saturated carbocycles. The lowest BCUT2D eigenvalue weighted by atomic mass is 10.1. The number of hydrogen-bond acceptors (Lipinski definition) is 4. The molecule has 0 bridgehead atoms. The van der Waals surface area contributed by atoms with Crippen LogP contribution in [0.2, 0.25) is 0 Å². The molecule has 2 N–H and O–H groups in total. The van der Waals surface area contributed by atoms with Crippen LogP contribution < -0.4 is 15.4 Å². The van der Waals surface area contributed by atoms with Gasteiger partial charge in [-0.25, -0.2) is 0 Å². The van der Waals surface area contributed by atoms with Gasteiger partial charge in [0, 0.05) is 12.7 Å². The fourth-order valence-electron chi connectivity index (χ4n) is 2.95. The van der Waals surface area contributed by atoms with E-state index in [1.54, 1.807) is 13.4 Å². The Bertz CT molecular complexity index is 934. The van der Waals surface area contributed by atoms with Crippen LogP contribution in [0.5, 0.6) is 5.75 Å². The van der Waals surface area contributed by atoms with Gasteiger partial charge < -0.3 is 15.4 Å². The van der Waals surface area contributed by atoms with Gasteiger partial charge in [-0.05, 0) is 42.7 Å². The van der Waals surface area contributed by atoms with Crippen LogP contribution >= 0.6 is 0 Å². The second kappa shape index (κ2) is 10.4. The lowest BCUT2D eigenvalue weighted by molar-refractivity contribution is 0.271. The lowest BCUT2D eigenvalue weighted by Gasteiger charge is -2.19. The number of rotatable bonds is 8. The highest BCUT2D eigenvalue weighted by Crippen LogP contribution is 2.18. The Balaban J connectivity index is 1.57. The molecule has 0 spiro atoms. The summed E-state index contributed by atoms with van der Waals surface area (Å²) < 4.78 is 7.72. The van der Waals surface area contributed by atoms with Crippen molar-refractivity contribution in [2.75, 3.05) is 13.7 Å². The number of aromatic nitrogens is 3. The van der Waals surface area contributed by atoms with Crippen molar-refractivity contribution in [3.8, 4) is 11.4 Å². The number of para-hydroxylation sites is 1. The number of nitrogens with one attached hydrogen (secondary N) is 2. The van der Waals surface area contributed by atoms with E-state index in [1.807, 2.05) is 47.0 Å². The topological polar surface area (TPSA) is 76.4 Å². The number of hydrogen-bond donors (Lipinski definition) is 2. The van der Waals surface area contributed by atoms with E-state index in [2.05, 4.69) is 58.7 Å². The molecule has 1 aromatic heterocycles. The molecule has 0 aliphatic heterocycles. The normalized spacial score (nSPS) is 12.6. The van der Waals surface area contributed by atoms with E-state index in [9.17, 15) is 0 Å². The van der Waals surface area contributed by atoms with E-state index >= 15 is 0 Å². The van der Waals surface area contributed by atoms with Gasteiger partial charge in [0.1, 0.15) is 12.1 Å². The maximum absolute atomic E-state index is 5.76. The second-order valence-electron chi connectivity index (χ2n) is 7.52. The summed E-state index contributed by atoms with van der Waals surface area (Å²) in [5.74, 6) is 2.91. The molecular weight excluding hydrogens is 376 g/mol. The summed E-state index contributed by atoms with van der Waals surface area (Å²) in [5.41, 5.74) is 2.18. The van der Waals surface area contributed by atoms with E-state index in [1.165, 1.54) is 0 Å². The first-order valence-corrected chi connectivity index (χ1v) is 10.2. The molecule has 0 aliphatic rings. The van der Waals surface area contributed by atoms with Gasteiger partial charge in [-0.3, -0.25) is 9.56 Å². The molecule has 0 aliphatic carbocycles. The van der Waals surface area contributed by atoms with Crippen LogP contribution in [-0.2, 0) is 6.54 Å². The van der Waals surface area contributed by atoms with Crippen LogP contribution in [0.15, 0.2) is 65.9 Å². The summed E-state index contributed by atoms with van der Waals surface area (Å²) in [6.07, 6.45) is 1.72. The van der Waals surface area contributed by atoms with Crippen LogP contribution in [-0.4, -0.2) is 34.4 Å². The van der Waals surface area contributed by atoms with E-state index in [4.69, 9.17) is 4.74 Å². The summed E-state index contributed by atoms with van der Waals surface area (Å²) in [6, 6.07) is 18.3. The monoisotopic (exact) mass is 406 g/mol. The first kappa shape index (κ1) is 21.4. The summed E-state index contributed by atoms with van der Waals surface area (Å²) in [6.45, 7) is 7.60. The standard InChI is InChI=1S/C23H30N6O/c1-17(2)15-30-21-12-10-19(11-13-21)18(3)27-23(24-4)25-14-22-28-26-16-29(22)20-8-6-5-7-9-20/h5-13,16-18H,14-15H2,1-4H3,(H2,24,25,27). The minimum absolute atomic E-state index is 0.0855. The molecule has 7 nitrogen and oxygen atoms in total. The first-order valence-electron chi connectivity index (χ1n) is 10.2. The molecule has 0 fully saturated rings. The molecule has 3 rings (SSSR count). The van der Waals surface area contributed by atoms with Crippen LogP contribution in [0.4, 0.5) is 0 Å².